The number of nitrogens with zero attached hydrogens (tertiary/aromatic N) is 2. The molecule has 0 fully saturated rings. The summed E-state index contributed by atoms with van der Waals surface area (Å²) < 4.78 is 16.2. The van der Waals surface area contributed by atoms with Gasteiger partial charge in [-0.3, -0.25) is 4.79 Å². The van der Waals surface area contributed by atoms with E-state index in [1.165, 1.54) is 0 Å². The molecule has 0 N–H and O–H groups in total. The molecule has 0 saturated carbocycles. The molecule has 0 radical (unpaired) electrons. The lowest BCUT2D eigenvalue weighted by atomic mass is 10.1. The summed E-state index contributed by atoms with van der Waals surface area (Å²) in [6, 6.07) is 9.73. The minimum Gasteiger partial charge on any atom is -0.493 e. The fourth-order valence-electron chi connectivity index (χ4n) is 3.56. The molecule has 31 heavy (non-hydrogen) atoms. The van der Waals surface area contributed by atoms with Crippen LogP contribution in [0.2, 0.25) is 0 Å². The van der Waals surface area contributed by atoms with Gasteiger partial charge in [-0.05, 0) is 75.8 Å². The Kier molecular flexibility index (Phi) is 8.94. The van der Waals surface area contributed by atoms with E-state index >= 15 is 0 Å². The molecule has 6 heteroatoms. The maximum absolute atomic E-state index is 13.3. The number of methoxy groups -OCH3 is 3. The molecule has 2 aromatic carbocycles. The maximum atomic E-state index is 13.3. The predicted octanol–water partition coefficient (Wildman–Crippen LogP) is 4.33. The number of rotatable bonds is 10. The molecule has 2 rings (SSSR count). The normalized spacial score (nSPS) is 11.1. The Hall–Kier alpha value is -2.99. The number of hydrogen-bond donors (Lipinski definition) is 0. The average Bonchev–Trinajstić information content (AvgIpc) is 2.75. The van der Waals surface area contributed by atoms with Crippen LogP contribution in [0.4, 0.5) is 5.69 Å². The first-order valence-corrected chi connectivity index (χ1v) is 10.3. The van der Waals surface area contributed by atoms with Crippen LogP contribution in [0.15, 0.2) is 36.4 Å². The zero-order valence-corrected chi connectivity index (χ0v) is 19.7. The van der Waals surface area contributed by atoms with Gasteiger partial charge in [0.25, 0.3) is 5.91 Å². The van der Waals surface area contributed by atoms with E-state index in [1.54, 1.807) is 33.5 Å². The second-order valence-corrected chi connectivity index (χ2v) is 7.68. The molecule has 1 amide bonds. The largest absolute Gasteiger partial charge is 0.493 e. The minimum absolute atomic E-state index is 0.0649. The van der Waals surface area contributed by atoms with Crippen molar-refractivity contribution in [2.75, 3.05) is 53.4 Å². The Labute approximate surface area is 186 Å². The molecule has 0 heterocycles. The van der Waals surface area contributed by atoms with Crippen molar-refractivity contribution in [2.24, 2.45) is 0 Å². The quantitative estimate of drug-likeness (QED) is 0.530. The third kappa shape index (κ3) is 6.25. The molecule has 6 nitrogen and oxygen atoms in total. The van der Waals surface area contributed by atoms with Crippen molar-refractivity contribution in [1.82, 2.24) is 4.90 Å². The highest BCUT2D eigenvalue weighted by molar-refractivity contribution is 6.04. The highest BCUT2D eigenvalue weighted by Crippen LogP contribution is 2.38. The van der Waals surface area contributed by atoms with E-state index in [9.17, 15) is 4.79 Å². The predicted molar refractivity (Wildman–Crippen MR) is 127 cm³/mol. The third-order valence-electron chi connectivity index (χ3n) is 5.07. The van der Waals surface area contributed by atoms with Crippen LogP contribution in [0.3, 0.4) is 0 Å². The molecule has 0 aliphatic rings. The molecule has 0 bridgehead atoms. The summed E-state index contributed by atoms with van der Waals surface area (Å²) in [7, 11) is 8.79. The van der Waals surface area contributed by atoms with Crippen molar-refractivity contribution in [3.05, 3.63) is 53.1 Å². The van der Waals surface area contributed by atoms with E-state index < -0.39 is 0 Å². The Balaban J connectivity index is 2.36. The molecule has 2 aromatic rings. The smallest absolute Gasteiger partial charge is 0.251 e. The van der Waals surface area contributed by atoms with Gasteiger partial charge in [-0.1, -0.05) is 18.2 Å². The van der Waals surface area contributed by atoms with Crippen LogP contribution >= 0.6 is 0 Å². The van der Waals surface area contributed by atoms with Gasteiger partial charge in [0.2, 0.25) is 5.75 Å². The number of carbonyl (C=O) groups excluding carboxylic acids is 1. The topological polar surface area (TPSA) is 51.2 Å². The lowest BCUT2D eigenvalue weighted by Crippen LogP contribution is -2.33. The number of para-hydroxylation sites is 1. The van der Waals surface area contributed by atoms with Crippen LogP contribution in [-0.4, -0.2) is 59.3 Å². The third-order valence-corrected chi connectivity index (χ3v) is 5.07. The number of amides is 1. The van der Waals surface area contributed by atoms with Gasteiger partial charge in [-0.15, -0.1) is 0 Å². The fourth-order valence-corrected chi connectivity index (χ4v) is 3.56. The van der Waals surface area contributed by atoms with Crippen molar-refractivity contribution in [1.29, 1.82) is 0 Å². The van der Waals surface area contributed by atoms with Gasteiger partial charge < -0.3 is 24.0 Å². The van der Waals surface area contributed by atoms with Crippen LogP contribution < -0.4 is 19.1 Å². The van der Waals surface area contributed by atoms with E-state index in [4.69, 9.17) is 14.2 Å². The zero-order chi connectivity index (χ0) is 23.0. The molecular formula is C25H34N2O4. The molecular weight excluding hydrogens is 392 g/mol. The van der Waals surface area contributed by atoms with Gasteiger partial charge in [0.05, 0.1) is 21.3 Å². The van der Waals surface area contributed by atoms with Gasteiger partial charge in [-0.25, -0.2) is 0 Å². The van der Waals surface area contributed by atoms with E-state index in [0.29, 0.717) is 23.8 Å². The summed E-state index contributed by atoms with van der Waals surface area (Å²) >= 11 is 0. The lowest BCUT2D eigenvalue weighted by molar-refractivity contribution is -0.114. The van der Waals surface area contributed by atoms with Crippen LogP contribution in [0.5, 0.6) is 17.2 Å². The molecule has 0 aliphatic heterocycles. The first-order valence-electron chi connectivity index (χ1n) is 10.3. The standard InChI is InChI=1S/C25H34N2O4/c1-18-10-8-11-19(2)24(18)27(15-9-14-26(3)4)23(28)13-12-20-16-21(29-5)25(31-7)22(17-20)30-6/h8,10-13,16-17H,9,14-15H2,1-7H3/b13-12+. The number of ether oxygens (including phenoxy) is 3. The first-order chi connectivity index (χ1) is 14.8. The number of carbonyl (C=O) groups is 1. The number of anilines is 1. The molecule has 0 atom stereocenters. The van der Waals surface area contributed by atoms with E-state index in [1.807, 2.05) is 63.2 Å². The lowest BCUT2D eigenvalue weighted by Gasteiger charge is -2.26. The highest BCUT2D eigenvalue weighted by atomic mass is 16.5. The monoisotopic (exact) mass is 426 g/mol. The van der Waals surface area contributed by atoms with E-state index in [-0.39, 0.29) is 5.91 Å². The van der Waals surface area contributed by atoms with Crippen LogP contribution in [0.25, 0.3) is 6.08 Å². The summed E-state index contributed by atoms with van der Waals surface area (Å²) in [6.45, 7) is 5.63. The second-order valence-electron chi connectivity index (χ2n) is 7.68. The molecule has 0 unspecified atom stereocenters. The van der Waals surface area contributed by atoms with Gasteiger partial charge in [0, 0.05) is 18.3 Å². The van der Waals surface area contributed by atoms with Crippen LogP contribution in [-0.2, 0) is 4.79 Å². The van der Waals surface area contributed by atoms with Gasteiger partial charge >= 0.3 is 0 Å². The van der Waals surface area contributed by atoms with Crippen molar-refractivity contribution in [3.63, 3.8) is 0 Å². The van der Waals surface area contributed by atoms with Crippen LogP contribution in [0, 0.1) is 13.8 Å². The zero-order valence-electron chi connectivity index (χ0n) is 19.7. The van der Waals surface area contributed by atoms with Gasteiger partial charge in [0.15, 0.2) is 11.5 Å². The van der Waals surface area contributed by atoms with Gasteiger partial charge in [-0.2, -0.15) is 0 Å². The molecule has 0 aromatic heterocycles. The summed E-state index contributed by atoms with van der Waals surface area (Å²) in [6.07, 6.45) is 4.26. The summed E-state index contributed by atoms with van der Waals surface area (Å²) in [4.78, 5) is 17.3. The number of benzene rings is 2. The Morgan fingerprint density at radius 1 is 0.935 bits per heavy atom. The molecule has 168 valence electrons. The van der Waals surface area contributed by atoms with E-state index in [2.05, 4.69) is 4.90 Å². The Morgan fingerprint density at radius 3 is 2.00 bits per heavy atom. The molecule has 0 aliphatic carbocycles. The highest BCUT2D eigenvalue weighted by Gasteiger charge is 2.18. The van der Waals surface area contributed by atoms with Crippen molar-refractivity contribution < 1.29 is 19.0 Å². The second kappa shape index (κ2) is 11.4. The van der Waals surface area contributed by atoms with Crippen molar-refractivity contribution in [2.45, 2.75) is 20.3 Å². The number of aryl methyl sites for hydroxylation is 2. The Bertz CT molecular complexity index is 876. The molecule has 0 saturated heterocycles. The fraction of sp³-hybridized carbons (Fsp3) is 0.400. The summed E-state index contributed by atoms with van der Waals surface area (Å²) in [5.41, 5.74) is 3.93. The van der Waals surface area contributed by atoms with Crippen molar-refractivity contribution in [3.8, 4) is 17.2 Å². The number of hydrogen-bond acceptors (Lipinski definition) is 5. The Morgan fingerprint density at radius 2 is 1.52 bits per heavy atom. The van der Waals surface area contributed by atoms with Gasteiger partial charge in [0.1, 0.15) is 0 Å². The van der Waals surface area contributed by atoms with Crippen molar-refractivity contribution >= 4 is 17.7 Å². The van der Waals surface area contributed by atoms with Crippen LogP contribution in [0.1, 0.15) is 23.1 Å². The summed E-state index contributed by atoms with van der Waals surface area (Å²) in [5.74, 6) is 1.55. The van der Waals surface area contributed by atoms with E-state index in [0.717, 1.165) is 35.3 Å². The maximum Gasteiger partial charge on any atom is 0.251 e. The first kappa shape index (κ1) is 24.3. The SMILES string of the molecule is COc1cc(/C=C/C(=O)N(CCCN(C)C)c2c(C)cccc2C)cc(OC)c1OC. The average molecular weight is 427 g/mol. The summed E-state index contributed by atoms with van der Waals surface area (Å²) in [5, 5.41) is 0. The molecule has 0 spiro atoms. The minimum atomic E-state index is -0.0649.